The van der Waals surface area contributed by atoms with Crippen LogP contribution in [0.3, 0.4) is 0 Å². The number of benzene rings is 1. The Kier molecular flexibility index (Phi) is 3.27. The summed E-state index contributed by atoms with van der Waals surface area (Å²) in [4.78, 5) is 18.2. The Hall–Kier alpha value is -2.16. The second-order valence-corrected chi connectivity index (χ2v) is 4.78. The van der Waals surface area contributed by atoms with E-state index in [-0.39, 0.29) is 5.91 Å². The molecule has 3 heteroatoms. The van der Waals surface area contributed by atoms with Crippen molar-refractivity contribution in [1.29, 1.82) is 0 Å². The minimum atomic E-state index is 0.210. The largest absolute Gasteiger partial charge is 0.312 e. The van der Waals surface area contributed by atoms with Gasteiger partial charge in [0.15, 0.2) is 0 Å². The van der Waals surface area contributed by atoms with E-state index in [1.165, 1.54) is 5.56 Å². The molecule has 19 heavy (non-hydrogen) atoms. The zero-order valence-corrected chi connectivity index (χ0v) is 10.7. The molecule has 2 aromatic rings. The Balaban J connectivity index is 1.66. The molecule has 1 aromatic carbocycles. The summed E-state index contributed by atoms with van der Waals surface area (Å²) in [6.45, 7) is 0.814. The highest BCUT2D eigenvalue weighted by Gasteiger charge is 2.23. The molecule has 3 rings (SSSR count). The summed E-state index contributed by atoms with van der Waals surface area (Å²) < 4.78 is 0. The highest BCUT2D eigenvalue weighted by Crippen LogP contribution is 2.28. The number of hydrogen-bond acceptors (Lipinski definition) is 2. The van der Waals surface area contributed by atoms with Crippen molar-refractivity contribution in [2.24, 2.45) is 0 Å². The maximum absolute atomic E-state index is 12.3. The quantitative estimate of drug-likeness (QED) is 0.841. The fraction of sp³-hybridized carbons (Fsp3) is 0.250. The van der Waals surface area contributed by atoms with Gasteiger partial charge in [-0.05, 0) is 42.2 Å². The van der Waals surface area contributed by atoms with Crippen molar-refractivity contribution in [2.45, 2.75) is 19.3 Å². The zero-order chi connectivity index (χ0) is 13.1. The van der Waals surface area contributed by atoms with Crippen LogP contribution in [-0.2, 0) is 17.6 Å². The van der Waals surface area contributed by atoms with Crippen LogP contribution < -0.4 is 4.90 Å². The van der Waals surface area contributed by atoms with Gasteiger partial charge >= 0.3 is 0 Å². The molecule has 0 saturated carbocycles. The molecule has 1 aliphatic heterocycles. The summed E-state index contributed by atoms with van der Waals surface area (Å²) in [6.07, 6.45) is 5.84. The molecule has 0 aliphatic carbocycles. The minimum absolute atomic E-state index is 0.210. The maximum Gasteiger partial charge on any atom is 0.227 e. The Bertz CT molecular complexity index is 580. The van der Waals surface area contributed by atoms with Gasteiger partial charge < -0.3 is 4.90 Å². The lowest BCUT2D eigenvalue weighted by atomic mass is 10.1. The first kappa shape index (κ1) is 11.9. The van der Waals surface area contributed by atoms with Crippen molar-refractivity contribution >= 4 is 11.6 Å². The van der Waals surface area contributed by atoms with Crippen molar-refractivity contribution in [3.63, 3.8) is 0 Å². The number of aromatic nitrogens is 1. The number of rotatable bonds is 3. The summed E-state index contributed by atoms with van der Waals surface area (Å²) >= 11 is 0. The van der Waals surface area contributed by atoms with Crippen LogP contribution in [0.2, 0.25) is 0 Å². The molecule has 96 valence electrons. The van der Waals surface area contributed by atoms with E-state index in [1.807, 2.05) is 35.2 Å². The number of aryl methyl sites for hydroxylation is 1. The number of amides is 1. The lowest BCUT2D eigenvalue weighted by molar-refractivity contribution is -0.118. The maximum atomic E-state index is 12.3. The van der Waals surface area contributed by atoms with E-state index in [0.717, 1.165) is 30.6 Å². The lowest BCUT2D eigenvalue weighted by Crippen LogP contribution is -2.29. The van der Waals surface area contributed by atoms with Gasteiger partial charge in [0.1, 0.15) is 0 Å². The fourth-order valence-electron chi connectivity index (χ4n) is 2.53. The van der Waals surface area contributed by atoms with E-state index in [0.29, 0.717) is 6.42 Å². The summed E-state index contributed by atoms with van der Waals surface area (Å²) in [7, 11) is 0. The average molecular weight is 252 g/mol. The smallest absolute Gasteiger partial charge is 0.227 e. The van der Waals surface area contributed by atoms with E-state index in [9.17, 15) is 4.79 Å². The molecule has 0 N–H and O–H groups in total. The summed E-state index contributed by atoms with van der Waals surface area (Å²) in [6, 6.07) is 12.1. The van der Waals surface area contributed by atoms with Crippen LogP contribution in [0.15, 0.2) is 48.8 Å². The van der Waals surface area contributed by atoms with Gasteiger partial charge in [0.25, 0.3) is 0 Å². The van der Waals surface area contributed by atoms with Gasteiger partial charge in [-0.15, -0.1) is 0 Å². The fourth-order valence-corrected chi connectivity index (χ4v) is 2.53. The predicted octanol–water partition coefficient (Wildman–Crippen LogP) is 2.60. The third-order valence-corrected chi connectivity index (χ3v) is 3.57. The van der Waals surface area contributed by atoms with Gasteiger partial charge in [-0.25, -0.2) is 0 Å². The molecule has 1 aliphatic rings. The molecule has 0 saturated heterocycles. The number of nitrogens with zero attached hydrogens (tertiary/aromatic N) is 2. The first-order chi connectivity index (χ1) is 9.34. The first-order valence-electron chi connectivity index (χ1n) is 6.62. The van der Waals surface area contributed by atoms with Crippen molar-refractivity contribution < 1.29 is 4.79 Å². The highest BCUT2D eigenvalue weighted by atomic mass is 16.2. The number of pyridine rings is 1. The van der Waals surface area contributed by atoms with Gasteiger partial charge in [0.05, 0.1) is 0 Å². The second kappa shape index (κ2) is 5.22. The molecule has 2 heterocycles. The number of para-hydroxylation sites is 1. The van der Waals surface area contributed by atoms with Crippen LogP contribution >= 0.6 is 0 Å². The van der Waals surface area contributed by atoms with Gasteiger partial charge in [0, 0.05) is 31.0 Å². The van der Waals surface area contributed by atoms with Crippen LogP contribution in [-0.4, -0.2) is 17.4 Å². The molecular weight excluding hydrogens is 236 g/mol. The summed E-state index contributed by atoms with van der Waals surface area (Å²) in [5.41, 5.74) is 3.53. The SMILES string of the molecule is O=C(CCc1ccncc1)N1CCc2ccccc21. The van der Waals surface area contributed by atoms with Crippen LogP contribution in [0.4, 0.5) is 5.69 Å². The van der Waals surface area contributed by atoms with E-state index in [2.05, 4.69) is 11.1 Å². The van der Waals surface area contributed by atoms with Gasteiger partial charge in [0.2, 0.25) is 5.91 Å². The van der Waals surface area contributed by atoms with Crippen LogP contribution in [0, 0.1) is 0 Å². The van der Waals surface area contributed by atoms with E-state index in [1.54, 1.807) is 12.4 Å². The molecule has 1 amide bonds. The van der Waals surface area contributed by atoms with Crippen molar-refractivity contribution in [1.82, 2.24) is 4.98 Å². The summed E-state index contributed by atoms with van der Waals surface area (Å²) in [5, 5.41) is 0. The van der Waals surface area contributed by atoms with E-state index in [4.69, 9.17) is 0 Å². The topological polar surface area (TPSA) is 33.2 Å². The number of fused-ring (bicyclic) bond motifs is 1. The third-order valence-electron chi connectivity index (χ3n) is 3.57. The molecule has 0 unspecified atom stereocenters. The monoisotopic (exact) mass is 252 g/mol. The minimum Gasteiger partial charge on any atom is -0.312 e. The Morgan fingerprint density at radius 3 is 2.79 bits per heavy atom. The second-order valence-electron chi connectivity index (χ2n) is 4.78. The predicted molar refractivity (Wildman–Crippen MR) is 75.1 cm³/mol. The number of carbonyl (C=O) groups excluding carboxylic acids is 1. The third kappa shape index (κ3) is 2.50. The molecule has 0 radical (unpaired) electrons. The highest BCUT2D eigenvalue weighted by molar-refractivity contribution is 5.95. The van der Waals surface area contributed by atoms with Crippen LogP contribution in [0.5, 0.6) is 0 Å². The lowest BCUT2D eigenvalue weighted by Gasteiger charge is -2.17. The zero-order valence-electron chi connectivity index (χ0n) is 10.7. The average Bonchev–Trinajstić information content (AvgIpc) is 2.90. The van der Waals surface area contributed by atoms with Gasteiger partial charge in [-0.3, -0.25) is 9.78 Å². The number of hydrogen-bond donors (Lipinski definition) is 0. The van der Waals surface area contributed by atoms with Gasteiger partial charge in [-0.1, -0.05) is 18.2 Å². The van der Waals surface area contributed by atoms with Crippen molar-refractivity contribution in [3.8, 4) is 0 Å². The standard InChI is InChI=1S/C16H16N2O/c19-16(6-5-13-7-10-17-11-8-13)18-12-9-14-3-1-2-4-15(14)18/h1-4,7-8,10-11H,5-6,9,12H2. The Morgan fingerprint density at radius 1 is 1.16 bits per heavy atom. The molecule has 0 spiro atoms. The van der Waals surface area contributed by atoms with E-state index < -0.39 is 0 Å². The number of anilines is 1. The Morgan fingerprint density at radius 2 is 1.95 bits per heavy atom. The normalized spacial score (nSPS) is 13.4. The molecule has 0 atom stereocenters. The molecule has 1 aromatic heterocycles. The first-order valence-corrected chi connectivity index (χ1v) is 6.62. The van der Waals surface area contributed by atoms with Crippen LogP contribution in [0.1, 0.15) is 17.5 Å². The molecular formula is C16H16N2O. The molecule has 3 nitrogen and oxygen atoms in total. The van der Waals surface area contributed by atoms with Crippen LogP contribution in [0.25, 0.3) is 0 Å². The van der Waals surface area contributed by atoms with Gasteiger partial charge in [-0.2, -0.15) is 0 Å². The van der Waals surface area contributed by atoms with Crippen molar-refractivity contribution in [3.05, 3.63) is 59.9 Å². The Labute approximate surface area is 112 Å². The number of carbonyl (C=O) groups is 1. The van der Waals surface area contributed by atoms with E-state index >= 15 is 0 Å². The molecule has 0 bridgehead atoms. The molecule has 0 fully saturated rings. The summed E-state index contributed by atoms with van der Waals surface area (Å²) in [5.74, 6) is 0.210. The van der Waals surface area contributed by atoms with Crippen molar-refractivity contribution in [2.75, 3.05) is 11.4 Å².